The van der Waals surface area contributed by atoms with Crippen molar-refractivity contribution in [3.05, 3.63) is 22.4 Å². The topological polar surface area (TPSA) is 0 Å². The Morgan fingerprint density at radius 2 is 1.77 bits per heavy atom. The molecular formula is C12H24S. The smallest absolute Gasteiger partial charge is 0.00452 e. The minimum Gasteiger partial charge on any atom is -0.149 e. The third-order valence-electron chi connectivity index (χ3n) is 1.36. The summed E-state index contributed by atoms with van der Waals surface area (Å²) >= 11 is 1.86. The quantitative estimate of drug-likeness (QED) is 0.633. The molecule has 0 bridgehead atoms. The van der Waals surface area contributed by atoms with Crippen LogP contribution in [-0.4, -0.2) is 0 Å². The Hall–Kier alpha value is -0.300. The van der Waals surface area contributed by atoms with Crippen molar-refractivity contribution in [1.82, 2.24) is 0 Å². The molecule has 0 amide bonds. The molecule has 0 nitrogen and oxygen atoms in total. The number of hydrogen-bond acceptors (Lipinski definition) is 1. The molecule has 1 aromatic rings. The van der Waals surface area contributed by atoms with Gasteiger partial charge in [0, 0.05) is 4.88 Å². The first kappa shape index (κ1) is 15.2. The number of thiophene rings is 1. The summed E-state index contributed by atoms with van der Waals surface area (Å²) in [5, 5.41) is 2.14. The van der Waals surface area contributed by atoms with Crippen LogP contribution in [0.3, 0.4) is 0 Å². The van der Waals surface area contributed by atoms with E-state index in [1.807, 2.05) is 39.0 Å². The van der Waals surface area contributed by atoms with Gasteiger partial charge in [-0.05, 0) is 24.3 Å². The molecule has 0 saturated carbocycles. The highest BCUT2D eigenvalue weighted by Crippen LogP contribution is 2.11. The summed E-state index contributed by atoms with van der Waals surface area (Å²) in [4.78, 5) is 1.52. The number of unbranched alkanes of at least 4 members (excludes halogenated alkanes) is 1. The lowest BCUT2D eigenvalue weighted by Gasteiger charge is -1.90. The molecule has 0 aliphatic heterocycles. The van der Waals surface area contributed by atoms with Gasteiger partial charge in [0.05, 0.1) is 0 Å². The lowest BCUT2D eigenvalue weighted by Crippen LogP contribution is -1.75. The summed E-state index contributed by atoms with van der Waals surface area (Å²) in [6.45, 7) is 10.2. The summed E-state index contributed by atoms with van der Waals surface area (Å²) in [6, 6.07) is 4.33. The van der Waals surface area contributed by atoms with Gasteiger partial charge in [-0.25, -0.2) is 0 Å². The number of aryl methyl sites for hydroxylation is 1. The van der Waals surface area contributed by atoms with Gasteiger partial charge >= 0.3 is 0 Å². The maximum absolute atomic E-state index is 2.23. The highest BCUT2D eigenvalue weighted by atomic mass is 32.1. The normalized spacial score (nSPS) is 7.77. The van der Waals surface area contributed by atoms with E-state index in [1.165, 1.54) is 24.1 Å². The second-order valence-corrected chi connectivity index (χ2v) is 3.22. The Morgan fingerprint density at radius 3 is 2.15 bits per heavy atom. The number of hydrogen-bond donors (Lipinski definition) is 0. The third-order valence-corrected chi connectivity index (χ3v) is 2.29. The summed E-state index contributed by atoms with van der Waals surface area (Å²) < 4.78 is 0. The summed E-state index contributed by atoms with van der Waals surface area (Å²) in [5.41, 5.74) is 0. The second kappa shape index (κ2) is 14.2. The molecule has 1 heteroatoms. The minimum atomic E-state index is 1.27. The Balaban J connectivity index is 0. The van der Waals surface area contributed by atoms with Crippen LogP contribution in [0.25, 0.3) is 0 Å². The Bertz CT molecular complexity index is 142. The molecule has 0 unspecified atom stereocenters. The standard InChI is InChI=1S/C8H12S.2C2H6/c1-2-3-5-8-6-4-7-9-8;2*1-2/h4,6-7H,2-3,5H2,1H3;2*1-2H3. The van der Waals surface area contributed by atoms with E-state index in [1.54, 1.807) is 0 Å². The molecule has 0 N–H and O–H groups in total. The fraction of sp³-hybridized carbons (Fsp3) is 0.667. The minimum absolute atomic E-state index is 1.27. The van der Waals surface area contributed by atoms with Crippen LogP contribution >= 0.6 is 11.3 Å². The van der Waals surface area contributed by atoms with Crippen LogP contribution in [-0.2, 0) is 6.42 Å². The zero-order chi connectivity index (χ0) is 10.5. The van der Waals surface area contributed by atoms with Gasteiger partial charge in [0.15, 0.2) is 0 Å². The predicted molar refractivity (Wildman–Crippen MR) is 65.6 cm³/mol. The average molecular weight is 200 g/mol. The predicted octanol–water partition coefficient (Wildman–Crippen LogP) is 5.14. The molecule has 78 valence electrons. The Labute approximate surface area is 88.0 Å². The lowest BCUT2D eigenvalue weighted by atomic mass is 10.2. The molecule has 13 heavy (non-hydrogen) atoms. The van der Waals surface area contributed by atoms with Gasteiger partial charge in [0.1, 0.15) is 0 Å². The molecule has 0 atom stereocenters. The summed E-state index contributed by atoms with van der Waals surface area (Å²) in [5.74, 6) is 0. The van der Waals surface area contributed by atoms with E-state index in [9.17, 15) is 0 Å². The SMILES string of the molecule is CC.CC.CCCCc1cccs1. The third kappa shape index (κ3) is 9.62. The molecular weight excluding hydrogens is 176 g/mol. The average Bonchev–Trinajstić information content (AvgIpc) is 2.73. The first-order valence-corrected chi connectivity index (χ1v) is 6.34. The van der Waals surface area contributed by atoms with E-state index in [0.717, 1.165) is 0 Å². The molecule has 0 aliphatic carbocycles. The first-order valence-electron chi connectivity index (χ1n) is 5.46. The van der Waals surface area contributed by atoms with Gasteiger partial charge in [-0.15, -0.1) is 11.3 Å². The first-order chi connectivity index (χ1) is 6.43. The van der Waals surface area contributed by atoms with Crippen molar-refractivity contribution in [2.75, 3.05) is 0 Å². The van der Waals surface area contributed by atoms with Gasteiger partial charge in [-0.3, -0.25) is 0 Å². The molecule has 0 aromatic carbocycles. The highest BCUT2D eigenvalue weighted by Gasteiger charge is 1.89. The fourth-order valence-corrected chi connectivity index (χ4v) is 1.56. The van der Waals surface area contributed by atoms with Crippen molar-refractivity contribution < 1.29 is 0 Å². The van der Waals surface area contributed by atoms with E-state index >= 15 is 0 Å². The molecule has 0 radical (unpaired) electrons. The van der Waals surface area contributed by atoms with Crippen LogP contribution in [0.1, 0.15) is 52.3 Å². The van der Waals surface area contributed by atoms with Gasteiger partial charge in [0.25, 0.3) is 0 Å². The van der Waals surface area contributed by atoms with Crippen molar-refractivity contribution in [1.29, 1.82) is 0 Å². The molecule has 0 aliphatic rings. The zero-order valence-corrected chi connectivity index (χ0v) is 10.6. The van der Waals surface area contributed by atoms with Gasteiger partial charge in [-0.2, -0.15) is 0 Å². The van der Waals surface area contributed by atoms with Crippen LogP contribution in [0.15, 0.2) is 17.5 Å². The van der Waals surface area contributed by atoms with Crippen LogP contribution in [0.4, 0.5) is 0 Å². The molecule has 0 saturated heterocycles. The van der Waals surface area contributed by atoms with Crippen LogP contribution in [0.5, 0.6) is 0 Å². The molecule has 1 heterocycles. The number of rotatable bonds is 3. The van der Waals surface area contributed by atoms with Crippen LogP contribution < -0.4 is 0 Å². The van der Waals surface area contributed by atoms with Crippen molar-refractivity contribution in [2.45, 2.75) is 53.9 Å². The largest absolute Gasteiger partial charge is 0.149 e. The highest BCUT2D eigenvalue weighted by molar-refractivity contribution is 7.09. The Kier molecular flexibility index (Phi) is 16.6. The Morgan fingerprint density at radius 1 is 1.15 bits per heavy atom. The fourth-order valence-electron chi connectivity index (χ4n) is 0.806. The monoisotopic (exact) mass is 200 g/mol. The second-order valence-electron chi connectivity index (χ2n) is 2.18. The molecule has 1 aromatic heterocycles. The van der Waals surface area contributed by atoms with E-state index < -0.39 is 0 Å². The van der Waals surface area contributed by atoms with Gasteiger partial charge in [-0.1, -0.05) is 47.1 Å². The van der Waals surface area contributed by atoms with Crippen molar-refractivity contribution in [3.8, 4) is 0 Å². The van der Waals surface area contributed by atoms with Crippen molar-refractivity contribution >= 4 is 11.3 Å². The van der Waals surface area contributed by atoms with Crippen LogP contribution in [0, 0.1) is 0 Å². The van der Waals surface area contributed by atoms with Crippen LogP contribution in [0.2, 0.25) is 0 Å². The maximum Gasteiger partial charge on any atom is 0.00452 e. The lowest BCUT2D eigenvalue weighted by molar-refractivity contribution is 0.804. The molecule has 1 rings (SSSR count). The van der Waals surface area contributed by atoms with Crippen molar-refractivity contribution in [3.63, 3.8) is 0 Å². The summed E-state index contributed by atoms with van der Waals surface area (Å²) in [7, 11) is 0. The molecule has 0 fully saturated rings. The maximum atomic E-state index is 2.23. The van der Waals surface area contributed by atoms with Crippen molar-refractivity contribution in [2.24, 2.45) is 0 Å². The van der Waals surface area contributed by atoms with E-state index in [2.05, 4.69) is 24.4 Å². The van der Waals surface area contributed by atoms with E-state index in [4.69, 9.17) is 0 Å². The van der Waals surface area contributed by atoms with E-state index in [0.29, 0.717) is 0 Å². The van der Waals surface area contributed by atoms with E-state index in [-0.39, 0.29) is 0 Å². The molecule has 0 spiro atoms. The van der Waals surface area contributed by atoms with Gasteiger partial charge < -0.3 is 0 Å². The zero-order valence-electron chi connectivity index (χ0n) is 9.76. The summed E-state index contributed by atoms with van der Waals surface area (Å²) in [6.07, 6.45) is 3.91. The van der Waals surface area contributed by atoms with Gasteiger partial charge in [0.2, 0.25) is 0 Å².